The molecule has 0 aliphatic rings. The van der Waals surface area contributed by atoms with Crippen LogP contribution in [0.2, 0.25) is 0 Å². The van der Waals surface area contributed by atoms with Gasteiger partial charge in [0.1, 0.15) is 10.5 Å². The molecule has 27 heavy (non-hydrogen) atoms. The van der Waals surface area contributed by atoms with Gasteiger partial charge in [-0.05, 0) is 37.5 Å². The Labute approximate surface area is 161 Å². The molecule has 7 heteroatoms. The Hall–Kier alpha value is -2.15. The van der Waals surface area contributed by atoms with Crippen molar-refractivity contribution in [2.75, 3.05) is 5.32 Å². The number of nitrogens with zero attached hydrogens (tertiary/aromatic N) is 1. The van der Waals surface area contributed by atoms with Gasteiger partial charge in [0, 0.05) is 11.5 Å². The summed E-state index contributed by atoms with van der Waals surface area (Å²) in [7, 11) is -3.89. The molecule has 0 atom stereocenters. The molecule has 0 spiro atoms. The summed E-state index contributed by atoms with van der Waals surface area (Å²) in [4.78, 5) is 12.8. The predicted molar refractivity (Wildman–Crippen MR) is 106 cm³/mol. The molecular weight excluding hydrogens is 364 g/mol. The quantitative estimate of drug-likeness (QED) is 0.820. The van der Waals surface area contributed by atoms with Crippen LogP contribution in [0.3, 0.4) is 0 Å². The molecule has 0 aliphatic heterocycles. The monoisotopic (exact) mass is 392 g/mol. The number of carbonyl (C=O) groups excluding carboxylic acids is 1. The van der Waals surface area contributed by atoms with Gasteiger partial charge in [-0.1, -0.05) is 51.9 Å². The van der Waals surface area contributed by atoms with Crippen molar-refractivity contribution >= 4 is 21.6 Å². The molecule has 2 aromatic rings. The highest BCUT2D eigenvalue weighted by atomic mass is 32.2. The van der Waals surface area contributed by atoms with Crippen LogP contribution in [0.25, 0.3) is 0 Å². The second-order valence-corrected chi connectivity index (χ2v) is 11.0. The molecule has 1 heterocycles. The van der Waals surface area contributed by atoms with E-state index in [9.17, 15) is 13.2 Å². The van der Waals surface area contributed by atoms with E-state index < -0.39 is 20.5 Å². The van der Waals surface area contributed by atoms with Gasteiger partial charge in [0.05, 0.1) is 4.90 Å². The number of nitrogens with one attached hydrogen (secondary N) is 1. The largest absolute Gasteiger partial charge is 0.359 e. The zero-order chi connectivity index (χ0) is 20.6. The lowest BCUT2D eigenvalue weighted by Gasteiger charge is -2.23. The van der Waals surface area contributed by atoms with Gasteiger partial charge in [-0.3, -0.25) is 4.79 Å². The molecule has 0 aliphatic carbocycles. The summed E-state index contributed by atoms with van der Waals surface area (Å²) in [5.41, 5.74) is 0.768. The normalized spacial score (nSPS) is 13.0. The minimum Gasteiger partial charge on any atom is -0.359 e. The highest BCUT2D eigenvalue weighted by molar-refractivity contribution is 7.93. The maximum absolute atomic E-state index is 13.0. The third-order valence-electron chi connectivity index (χ3n) is 4.57. The number of carbonyl (C=O) groups is 1. The maximum Gasteiger partial charge on any atom is 0.246 e. The Bertz CT molecular complexity index is 918. The van der Waals surface area contributed by atoms with Gasteiger partial charge < -0.3 is 9.84 Å². The van der Waals surface area contributed by atoms with Crippen LogP contribution < -0.4 is 5.32 Å². The highest BCUT2D eigenvalue weighted by Gasteiger charge is 2.43. The summed E-state index contributed by atoms with van der Waals surface area (Å²) in [6.45, 7) is 12.7. The summed E-state index contributed by atoms with van der Waals surface area (Å²) in [6.07, 6.45) is 0. The van der Waals surface area contributed by atoms with Crippen molar-refractivity contribution in [2.45, 2.75) is 69.4 Å². The molecule has 1 aromatic carbocycles. The Morgan fingerprint density at radius 2 is 1.63 bits per heavy atom. The van der Waals surface area contributed by atoms with Crippen LogP contribution in [0.5, 0.6) is 0 Å². The Morgan fingerprint density at radius 3 is 2.07 bits per heavy atom. The van der Waals surface area contributed by atoms with Crippen molar-refractivity contribution in [1.29, 1.82) is 0 Å². The van der Waals surface area contributed by atoms with Crippen molar-refractivity contribution in [3.8, 4) is 0 Å². The summed E-state index contributed by atoms with van der Waals surface area (Å²) >= 11 is 0. The fourth-order valence-electron chi connectivity index (χ4n) is 2.40. The molecule has 0 unspecified atom stereocenters. The third-order valence-corrected chi connectivity index (χ3v) is 6.99. The van der Waals surface area contributed by atoms with Crippen molar-refractivity contribution in [1.82, 2.24) is 5.16 Å². The summed E-state index contributed by atoms with van der Waals surface area (Å²) in [5, 5.41) is 6.38. The molecular formula is C20H28N2O4S. The molecule has 6 nitrogen and oxygen atoms in total. The average molecular weight is 393 g/mol. The van der Waals surface area contributed by atoms with Crippen LogP contribution in [0.4, 0.5) is 5.82 Å². The second-order valence-electron chi connectivity index (χ2n) is 8.52. The molecule has 1 amide bonds. The van der Waals surface area contributed by atoms with Crippen LogP contribution >= 0.6 is 0 Å². The van der Waals surface area contributed by atoms with Gasteiger partial charge in [-0.15, -0.1) is 0 Å². The number of amides is 1. The first-order valence-corrected chi connectivity index (χ1v) is 10.4. The fraction of sp³-hybridized carbons (Fsp3) is 0.500. The molecule has 1 aromatic heterocycles. The van der Waals surface area contributed by atoms with E-state index in [-0.39, 0.29) is 16.1 Å². The average Bonchev–Trinajstić information content (AvgIpc) is 3.03. The lowest BCUT2D eigenvalue weighted by atomic mass is 9.93. The van der Waals surface area contributed by atoms with Gasteiger partial charge in [0.25, 0.3) is 0 Å². The van der Waals surface area contributed by atoms with Crippen molar-refractivity contribution in [3.05, 3.63) is 41.7 Å². The van der Waals surface area contributed by atoms with Crippen LogP contribution in [0.15, 0.2) is 39.8 Å². The SMILES string of the molecule is CC(C)c1ccc(S(=O)(=O)C(C)(C)C(=O)Nc2cc(C(C)(C)C)on2)cc1. The van der Waals surface area contributed by atoms with Gasteiger partial charge in [-0.25, -0.2) is 8.42 Å². The predicted octanol–water partition coefficient (Wildman–Crippen LogP) is 4.29. The van der Waals surface area contributed by atoms with E-state index in [2.05, 4.69) is 10.5 Å². The first-order chi connectivity index (χ1) is 12.3. The zero-order valence-corrected chi connectivity index (χ0v) is 17.8. The lowest BCUT2D eigenvalue weighted by molar-refractivity contribution is -0.117. The van der Waals surface area contributed by atoms with E-state index in [0.717, 1.165) is 5.56 Å². The number of hydrogen-bond donors (Lipinski definition) is 1. The number of rotatable bonds is 5. The van der Waals surface area contributed by atoms with Crippen LogP contribution in [-0.2, 0) is 20.0 Å². The minimum atomic E-state index is -3.89. The molecule has 148 valence electrons. The molecule has 0 radical (unpaired) electrons. The first kappa shape index (κ1) is 21.2. The molecule has 0 fully saturated rings. The number of benzene rings is 1. The van der Waals surface area contributed by atoms with Gasteiger partial charge in [0.15, 0.2) is 15.7 Å². The lowest BCUT2D eigenvalue weighted by Crippen LogP contribution is -2.44. The number of hydrogen-bond acceptors (Lipinski definition) is 5. The molecule has 0 saturated heterocycles. The van der Waals surface area contributed by atoms with E-state index in [1.54, 1.807) is 30.3 Å². The van der Waals surface area contributed by atoms with Gasteiger partial charge >= 0.3 is 0 Å². The highest BCUT2D eigenvalue weighted by Crippen LogP contribution is 2.29. The Balaban J connectivity index is 2.27. The number of sulfone groups is 1. The van der Waals surface area contributed by atoms with E-state index >= 15 is 0 Å². The van der Waals surface area contributed by atoms with Gasteiger partial charge in [0.2, 0.25) is 5.91 Å². The van der Waals surface area contributed by atoms with E-state index in [1.807, 2.05) is 34.6 Å². The van der Waals surface area contributed by atoms with Crippen LogP contribution in [0, 0.1) is 0 Å². The maximum atomic E-state index is 13.0. The van der Waals surface area contributed by atoms with E-state index in [0.29, 0.717) is 11.7 Å². The first-order valence-electron chi connectivity index (χ1n) is 8.90. The summed E-state index contributed by atoms with van der Waals surface area (Å²) in [5.74, 6) is 0.428. The van der Waals surface area contributed by atoms with Crippen LogP contribution in [-0.4, -0.2) is 24.2 Å². The fourth-order valence-corrected chi connectivity index (χ4v) is 3.78. The van der Waals surface area contributed by atoms with Crippen molar-refractivity contribution in [3.63, 3.8) is 0 Å². The standard InChI is InChI=1S/C20H28N2O4S/c1-13(2)14-8-10-15(11-9-14)27(24,25)20(6,7)18(23)21-17-12-16(26-22-17)19(3,4)5/h8-13H,1-7H3,(H,21,22,23). The zero-order valence-electron chi connectivity index (χ0n) is 17.0. The van der Waals surface area contributed by atoms with Crippen LogP contribution in [0.1, 0.15) is 65.7 Å². The molecule has 0 saturated carbocycles. The smallest absolute Gasteiger partial charge is 0.246 e. The van der Waals surface area contributed by atoms with E-state index in [1.165, 1.54) is 13.8 Å². The van der Waals surface area contributed by atoms with Crippen molar-refractivity contribution in [2.24, 2.45) is 0 Å². The number of anilines is 1. The summed E-state index contributed by atoms with van der Waals surface area (Å²) < 4.78 is 29.6. The molecule has 1 N–H and O–H groups in total. The number of aromatic nitrogens is 1. The third kappa shape index (κ3) is 4.24. The van der Waals surface area contributed by atoms with Gasteiger partial charge in [-0.2, -0.15) is 0 Å². The minimum absolute atomic E-state index is 0.114. The molecule has 0 bridgehead atoms. The van der Waals surface area contributed by atoms with E-state index in [4.69, 9.17) is 4.52 Å². The Morgan fingerprint density at radius 1 is 1.07 bits per heavy atom. The molecule has 2 rings (SSSR count). The summed E-state index contributed by atoms with van der Waals surface area (Å²) in [6, 6.07) is 8.26. The Kier molecular flexibility index (Phi) is 5.57. The topological polar surface area (TPSA) is 89.3 Å². The second kappa shape index (κ2) is 7.11. The van der Waals surface area contributed by atoms with Crippen molar-refractivity contribution < 1.29 is 17.7 Å².